The Balaban J connectivity index is 2.45. The molecule has 2 aromatic heterocycles. The van der Waals surface area contributed by atoms with Crippen molar-refractivity contribution in [2.24, 2.45) is 7.05 Å². The Kier molecular flexibility index (Phi) is 3.11. The van der Waals surface area contributed by atoms with Crippen LogP contribution in [0.4, 0.5) is 0 Å². The van der Waals surface area contributed by atoms with Crippen LogP contribution in [0.15, 0.2) is 22.1 Å². The fourth-order valence-electron chi connectivity index (χ4n) is 1.48. The molecule has 0 aliphatic rings. The normalized spacial score (nSPS) is 10.6. The van der Waals surface area contributed by atoms with Gasteiger partial charge in [0.1, 0.15) is 0 Å². The molecule has 16 heavy (non-hydrogen) atoms. The van der Waals surface area contributed by atoms with Gasteiger partial charge < -0.3 is 5.11 Å². The quantitative estimate of drug-likeness (QED) is 0.948. The molecule has 0 saturated heterocycles. The van der Waals surface area contributed by atoms with E-state index in [1.807, 2.05) is 11.4 Å². The number of aromatic nitrogens is 2. The van der Waals surface area contributed by atoms with Gasteiger partial charge in [0.15, 0.2) is 0 Å². The Labute approximate surface area is 105 Å². The number of carbonyl (C=O) groups is 1. The van der Waals surface area contributed by atoms with Crippen molar-refractivity contribution in [3.05, 3.63) is 27.8 Å². The molecule has 2 aromatic rings. The second-order valence-corrected chi connectivity index (χ2v) is 5.16. The summed E-state index contributed by atoms with van der Waals surface area (Å²) in [6, 6.07) is 1.97. The number of hydrogen-bond donors (Lipinski definition) is 1. The molecule has 4 nitrogen and oxygen atoms in total. The third-order valence-electron chi connectivity index (χ3n) is 2.21. The van der Waals surface area contributed by atoms with E-state index in [0.29, 0.717) is 0 Å². The van der Waals surface area contributed by atoms with Gasteiger partial charge in [0.25, 0.3) is 0 Å². The predicted molar refractivity (Wildman–Crippen MR) is 65.6 cm³/mol. The molecule has 0 aliphatic carbocycles. The first-order chi connectivity index (χ1) is 7.58. The SMILES string of the molecule is Cn1ncc(-c2cc(Br)cs2)c1CC(=O)O. The Bertz CT molecular complexity index is 533. The van der Waals surface area contributed by atoms with Crippen molar-refractivity contribution in [1.82, 2.24) is 9.78 Å². The lowest BCUT2D eigenvalue weighted by Gasteiger charge is -2.01. The summed E-state index contributed by atoms with van der Waals surface area (Å²) in [5, 5.41) is 14.9. The number of carboxylic acid groups (broad SMARTS) is 1. The number of halogens is 1. The molecule has 2 heterocycles. The molecular weight excluding hydrogens is 292 g/mol. The van der Waals surface area contributed by atoms with Crippen LogP contribution in [0, 0.1) is 0 Å². The van der Waals surface area contributed by atoms with Crippen LogP contribution >= 0.6 is 27.3 Å². The monoisotopic (exact) mass is 300 g/mol. The Morgan fingerprint density at radius 2 is 2.44 bits per heavy atom. The zero-order chi connectivity index (χ0) is 11.7. The maximum atomic E-state index is 10.8. The summed E-state index contributed by atoms with van der Waals surface area (Å²) in [4.78, 5) is 11.8. The molecule has 0 aliphatic heterocycles. The predicted octanol–water partition coefficient (Wildman–Crippen LogP) is 2.54. The van der Waals surface area contributed by atoms with E-state index in [1.54, 1.807) is 29.3 Å². The molecule has 0 saturated carbocycles. The molecule has 1 N–H and O–H groups in total. The van der Waals surface area contributed by atoms with Gasteiger partial charge in [-0.25, -0.2) is 0 Å². The number of nitrogens with zero attached hydrogens (tertiary/aromatic N) is 2. The summed E-state index contributed by atoms with van der Waals surface area (Å²) >= 11 is 4.94. The molecular formula is C10H9BrN2O2S. The first-order valence-electron chi connectivity index (χ1n) is 4.55. The first-order valence-corrected chi connectivity index (χ1v) is 6.22. The van der Waals surface area contributed by atoms with Crippen LogP contribution in [0.3, 0.4) is 0 Å². The van der Waals surface area contributed by atoms with Crippen LogP contribution in [0.1, 0.15) is 5.69 Å². The molecule has 0 atom stereocenters. The second-order valence-electron chi connectivity index (χ2n) is 3.33. The van der Waals surface area contributed by atoms with Crippen molar-refractivity contribution < 1.29 is 9.90 Å². The number of thiophene rings is 1. The fourth-order valence-corrected chi connectivity index (χ4v) is 2.94. The average Bonchev–Trinajstić information content (AvgIpc) is 2.75. The molecule has 0 aromatic carbocycles. The highest BCUT2D eigenvalue weighted by atomic mass is 79.9. The largest absolute Gasteiger partial charge is 0.481 e. The Morgan fingerprint density at radius 1 is 1.69 bits per heavy atom. The van der Waals surface area contributed by atoms with E-state index >= 15 is 0 Å². The number of aryl methyl sites for hydroxylation is 1. The smallest absolute Gasteiger partial charge is 0.309 e. The van der Waals surface area contributed by atoms with Gasteiger partial charge in [-0.3, -0.25) is 9.48 Å². The van der Waals surface area contributed by atoms with Crippen molar-refractivity contribution in [1.29, 1.82) is 0 Å². The fraction of sp³-hybridized carbons (Fsp3) is 0.200. The van der Waals surface area contributed by atoms with E-state index < -0.39 is 5.97 Å². The lowest BCUT2D eigenvalue weighted by Crippen LogP contribution is -2.06. The van der Waals surface area contributed by atoms with Gasteiger partial charge in [-0.05, 0) is 22.0 Å². The van der Waals surface area contributed by atoms with E-state index in [0.717, 1.165) is 20.6 Å². The Hall–Kier alpha value is -1.14. The average molecular weight is 301 g/mol. The maximum Gasteiger partial charge on any atom is 0.309 e. The molecule has 0 bridgehead atoms. The van der Waals surface area contributed by atoms with Crippen LogP contribution in [0.5, 0.6) is 0 Å². The standard InChI is InChI=1S/C10H9BrN2O2S/c1-13-8(3-10(14)15)7(4-12-13)9-2-6(11)5-16-9/h2,4-5H,3H2,1H3,(H,14,15). The van der Waals surface area contributed by atoms with Gasteiger partial charge >= 0.3 is 5.97 Å². The van der Waals surface area contributed by atoms with Gasteiger partial charge in [0, 0.05) is 27.3 Å². The van der Waals surface area contributed by atoms with Crippen molar-refractivity contribution in [3.8, 4) is 10.4 Å². The highest BCUT2D eigenvalue weighted by molar-refractivity contribution is 9.10. The van der Waals surface area contributed by atoms with E-state index in [2.05, 4.69) is 21.0 Å². The molecule has 0 radical (unpaired) electrons. The summed E-state index contributed by atoms with van der Waals surface area (Å²) in [7, 11) is 1.75. The lowest BCUT2D eigenvalue weighted by atomic mass is 10.1. The van der Waals surface area contributed by atoms with E-state index in [4.69, 9.17) is 5.11 Å². The number of rotatable bonds is 3. The number of hydrogen-bond acceptors (Lipinski definition) is 3. The van der Waals surface area contributed by atoms with Crippen LogP contribution in [-0.2, 0) is 18.3 Å². The lowest BCUT2D eigenvalue weighted by molar-refractivity contribution is -0.136. The third kappa shape index (κ3) is 2.17. The zero-order valence-electron chi connectivity index (χ0n) is 8.48. The molecule has 0 spiro atoms. The van der Waals surface area contributed by atoms with Gasteiger partial charge in [-0.1, -0.05) is 0 Å². The van der Waals surface area contributed by atoms with E-state index in [1.165, 1.54) is 0 Å². The summed E-state index contributed by atoms with van der Waals surface area (Å²) in [5.74, 6) is -0.847. The van der Waals surface area contributed by atoms with E-state index in [-0.39, 0.29) is 6.42 Å². The molecule has 6 heteroatoms. The molecule has 0 fully saturated rings. The minimum absolute atomic E-state index is 0.0125. The van der Waals surface area contributed by atoms with Crippen LogP contribution < -0.4 is 0 Å². The van der Waals surface area contributed by atoms with Gasteiger partial charge in [0.05, 0.1) is 18.3 Å². The van der Waals surface area contributed by atoms with Crippen LogP contribution in [-0.4, -0.2) is 20.9 Å². The van der Waals surface area contributed by atoms with E-state index in [9.17, 15) is 4.79 Å². The minimum atomic E-state index is -0.847. The van der Waals surface area contributed by atoms with Gasteiger partial charge in [0.2, 0.25) is 0 Å². The molecule has 0 amide bonds. The summed E-state index contributed by atoms with van der Waals surface area (Å²) in [6.07, 6.45) is 1.69. The van der Waals surface area contributed by atoms with Gasteiger partial charge in [-0.2, -0.15) is 5.10 Å². The van der Waals surface area contributed by atoms with Crippen molar-refractivity contribution >= 4 is 33.2 Å². The van der Waals surface area contributed by atoms with Crippen molar-refractivity contribution in [2.75, 3.05) is 0 Å². The summed E-state index contributed by atoms with van der Waals surface area (Å²) < 4.78 is 2.61. The third-order valence-corrected chi connectivity index (χ3v) is 3.94. The second kappa shape index (κ2) is 4.39. The molecule has 2 rings (SSSR count). The highest BCUT2D eigenvalue weighted by Crippen LogP contribution is 2.32. The molecule has 84 valence electrons. The summed E-state index contributed by atoms with van der Waals surface area (Å²) in [5.41, 5.74) is 1.61. The van der Waals surface area contributed by atoms with Gasteiger partial charge in [-0.15, -0.1) is 11.3 Å². The first kappa shape index (κ1) is 11.3. The number of aliphatic carboxylic acids is 1. The maximum absolute atomic E-state index is 10.8. The molecule has 0 unspecified atom stereocenters. The summed E-state index contributed by atoms with van der Waals surface area (Å²) in [6.45, 7) is 0. The minimum Gasteiger partial charge on any atom is -0.481 e. The Morgan fingerprint density at radius 3 is 3.00 bits per heavy atom. The van der Waals surface area contributed by atoms with Crippen LogP contribution in [0.25, 0.3) is 10.4 Å². The zero-order valence-corrected chi connectivity index (χ0v) is 10.9. The number of carboxylic acids is 1. The highest BCUT2D eigenvalue weighted by Gasteiger charge is 2.14. The van der Waals surface area contributed by atoms with Crippen molar-refractivity contribution in [3.63, 3.8) is 0 Å². The topological polar surface area (TPSA) is 55.1 Å². The van der Waals surface area contributed by atoms with Crippen molar-refractivity contribution in [2.45, 2.75) is 6.42 Å². The van der Waals surface area contributed by atoms with Crippen LogP contribution in [0.2, 0.25) is 0 Å².